The number of carboxylic acids is 2. The molecule has 5 aromatic rings. The summed E-state index contributed by atoms with van der Waals surface area (Å²) in [4.78, 5) is 74.8. The molecule has 4 N–H and O–H groups in total. The van der Waals surface area contributed by atoms with Crippen LogP contribution in [0, 0.1) is 11.3 Å². The maximum atomic E-state index is 13.7. The number of ether oxygens (including phenoxy) is 1. The first kappa shape index (κ1) is 51.4. The van der Waals surface area contributed by atoms with Crippen molar-refractivity contribution >= 4 is 50.5 Å². The van der Waals surface area contributed by atoms with E-state index in [1.54, 1.807) is 37.4 Å². The SMILES string of the molecule is CCCc1nn(C)c2c(=O)[nH]c(-c3cc(S(=O)(=O)N4CCN(C)CC4)ccc3OCC)nc12.O=C(O)CN1C(=O)C(NC(=O)C2(CC(CCc3ccccc3)C(=O)O)CCCC2)CCc2ccccc21. The lowest BCUT2D eigenvalue weighted by Gasteiger charge is -2.33. The van der Waals surface area contributed by atoms with Crippen LogP contribution in [0.25, 0.3) is 22.4 Å². The molecular weight excluding hydrogens is 917 g/mol. The number of nitrogens with zero attached hydrogens (tertiary/aromatic N) is 6. The van der Waals surface area contributed by atoms with Gasteiger partial charge >= 0.3 is 11.9 Å². The van der Waals surface area contributed by atoms with Gasteiger partial charge in [0.2, 0.25) is 21.8 Å². The molecule has 3 aliphatic rings. The van der Waals surface area contributed by atoms with Gasteiger partial charge in [0.25, 0.3) is 5.56 Å². The quantitative estimate of drug-likeness (QED) is 0.0911. The highest BCUT2D eigenvalue weighted by molar-refractivity contribution is 7.89. The number of H-pyrrole nitrogens is 1. The highest BCUT2D eigenvalue weighted by atomic mass is 32.2. The smallest absolute Gasteiger partial charge is 0.323 e. The molecule has 2 fully saturated rings. The number of piperazine rings is 1. The van der Waals surface area contributed by atoms with Crippen LogP contribution in [0.2, 0.25) is 0 Å². The highest BCUT2D eigenvalue weighted by Gasteiger charge is 2.46. The number of aromatic amines is 1. The second-order valence-electron chi connectivity index (χ2n) is 18.5. The van der Waals surface area contributed by atoms with Gasteiger partial charge in [-0.25, -0.2) is 13.4 Å². The van der Waals surface area contributed by atoms with Gasteiger partial charge in [0.05, 0.1) is 34.1 Å². The lowest BCUT2D eigenvalue weighted by atomic mass is 9.75. The summed E-state index contributed by atoms with van der Waals surface area (Å²) in [5.74, 6) is -2.76. The summed E-state index contributed by atoms with van der Waals surface area (Å²) in [5, 5.41) is 26.8. The molecule has 0 bridgehead atoms. The average molecular weight is 981 g/mol. The standard InChI is InChI=1S/C29H34N2O6.C22H30N6O4S/c32-25(33)19-31-24-11-5-4-10-21(24)14-15-23(26(31)34)30-28(37)29(16-6-7-17-29)18-22(27(35)36)13-12-20-8-2-1-3-9-20;1-5-7-17-19-20(27(4)25-17)22(29)24-21(23-19)16-14-15(8-9-18(16)32-6-2)33(30,31)28-12-10-26(3)11-13-28/h1-5,8-11,22-23H,6-7,12-19H2,(H,30,37)(H,32,33)(H,35,36);8-9,14H,5-7,10-13H2,1-4H3,(H,23,24,29). The number of rotatable bonds is 17. The highest BCUT2D eigenvalue weighted by Crippen LogP contribution is 2.45. The summed E-state index contributed by atoms with van der Waals surface area (Å²) in [5.41, 5.74) is 3.36. The van der Waals surface area contributed by atoms with Crippen LogP contribution in [0.15, 0.2) is 82.5 Å². The summed E-state index contributed by atoms with van der Waals surface area (Å²) >= 11 is 0. The number of fused-ring (bicyclic) bond motifs is 2. The predicted octanol–water partition coefficient (Wildman–Crippen LogP) is 5.43. The molecule has 0 radical (unpaired) electrons. The molecule has 18 nitrogen and oxygen atoms in total. The summed E-state index contributed by atoms with van der Waals surface area (Å²) in [6.07, 6.45) is 6.48. The first-order chi connectivity index (χ1) is 33.5. The number of anilines is 1. The minimum absolute atomic E-state index is 0.147. The van der Waals surface area contributed by atoms with Crippen molar-refractivity contribution in [2.45, 2.75) is 95.4 Å². The third-order valence-electron chi connectivity index (χ3n) is 13.7. The summed E-state index contributed by atoms with van der Waals surface area (Å²) in [7, 11) is -0.00831. The van der Waals surface area contributed by atoms with Crippen molar-refractivity contribution in [3.63, 3.8) is 0 Å². The predicted molar refractivity (Wildman–Crippen MR) is 264 cm³/mol. The Morgan fingerprint density at radius 1 is 0.929 bits per heavy atom. The van der Waals surface area contributed by atoms with Crippen LogP contribution in [0.5, 0.6) is 5.75 Å². The van der Waals surface area contributed by atoms with E-state index < -0.39 is 51.8 Å². The van der Waals surface area contributed by atoms with Crippen LogP contribution in [-0.2, 0) is 55.5 Å². The Labute approximate surface area is 408 Å². The van der Waals surface area contributed by atoms with E-state index in [0.29, 0.717) is 106 Å². The number of carboxylic acid groups (broad SMARTS) is 2. The average Bonchev–Trinajstić information content (AvgIpc) is 3.93. The molecule has 4 heterocycles. The maximum absolute atomic E-state index is 13.7. The van der Waals surface area contributed by atoms with Gasteiger partial charge in [0, 0.05) is 38.9 Å². The minimum atomic E-state index is -3.70. The van der Waals surface area contributed by atoms with Crippen molar-refractivity contribution in [2.24, 2.45) is 18.4 Å². The number of aromatic nitrogens is 4. The Kier molecular flexibility index (Phi) is 16.6. The van der Waals surface area contributed by atoms with Crippen LogP contribution < -0.4 is 20.5 Å². The topological polar surface area (TPSA) is 237 Å². The van der Waals surface area contributed by atoms with E-state index in [4.69, 9.17) is 9.72 Å². The van der Waals surface area contributed by atoms with Gasteiger partial charge in [-0.15, -0.1) is 0 Å². The first-order valence-electron chi connectivity index (χ1n) is 24.2. The maximum Gasteiger partial charge on any atom is 0.323 e. The van der Waals surface area contributed by atoms with E-state index >= 15 is 0 Å². The molecule has 2 amide bonds. The van der Waals surface area contributed by atoms with Crippen molar-refractivity contribution < 1.29 is 42.5 Å². The number of likely N-dealkylation sites (N-methyl/N-ethyl adjacent to an activating group) is 1. The Morgan fingerprint density at radius 3 is 2.30 bits per heavy atom. The number of para-hydroxylation sites is 1. The molecule has 2 aromatic heterocycles. The van der Waals surface area contributed by atoms with Gasteiger partial charge in [-0.1, -0.05) is 74.7 Å². The number of nitrogens with one attached hydrogen (secondary N) is 2. The zero-order valence-electron chi connectivity index (χ0n) is 40.4. The van der Waals surface area contributed by atoms with Gasteiger partial charge in [0.1, 0.15) is 29.7 Å². The number of aryl methyl sites for hydroxylation is 4. The van der Waals surface area contributed by atoms with Crippen LogP contribution in [-0.4, -0.2) is 124 Å². The van der Waals surface area contributed by atoms with Gasteiger partial charge in [0.15, 0.2) is 5.52 Å². The molecule has 2 atom stereocenters. The molecule has 2 unspecified atom stereocenters. The van der Waals surface area contributed by atoms with Crippen LogP contribution in [0.4, 0.5) is 5.69 Å². The molecule has 70 heavy (non-hydrogen) atoms. The zero-order chi connectivity index (χ0) is 50.2. The van der Waals surface area contributed by atoms with Crippen LogP contribution in [0.3, 0.4) is 0 Å². The Balaban J connectivity index is 0.000000208. The van der Waals surface area contributed by atoms with E-state index in [0.717, 1.165) is 36.1 Å². The third kappa shape index (κ3) is 11.6. The largest absolute Gasteiger partial charge is 0.493 e. The normalized spacial score (nSPS) is 17.8. The van der Waals surface area contributed by atoms with Crippen LogP contribution in [0.1, 0.15) is 82.0 Å². The first-order valence-corrected chi connectivity index (χ1v) is 25.6. The third-order valence-corrected chi connectivity index (χ3v) is 15.6. The van der Waals surface area contributed by atoms with Crippen molar-refractivity contribution in [1.82, 2.24) is 34.3 Å². The number of hydrogen-bond donors (Lipinski definition) is 4. The summed E-state index contributed by atoms with van der Waals surface area (Å²) < 4.78 is 35.4. The van der Waals surface area contributed by atoms with Crippen molar-refractivity contribution in [3.8, 4) is 17.1 Å². The number of sulfonamides is 1. The van der Waals surface area contributed by atoms with Crippen molar-refractivity contribution in [2.75, 3.05) is 51.3 Å². The van der Waals surface area contributed by atoms with E-state index in [1.165, 1.54) is 13.9 Å². The Bertz CT molecular complexity index is 2850. The Morgan fingerprint density at radius 2 is 1.63 bits per heavy atom. The molecule has 3 aromatic carbocycles. The minimum Gasteiger partial charge on any atom is -0.493 e. The second-order valence-corrected chi connectivity index (χ2v) is 20.4. The summed E-state index contributed by atoms with van der Waals surface area (Å²) in [6, 6.07) is 20.7. The fourth-order valence-corrected chi connectivity index (χ4v) is 11.3. The van der Waals surface area contributed by atoms with E-state index in [2.05, 4.69) is 20.3 Å². The lowest BCUT2D eigenvalue weighted by molar-refractivity contribution is -0.145. The number of carbonyl (C=O) groups excluding carboxylic acids is 2. The van der Waals surface area contributed by atoms with Crippen LogP contribution >= 0.6 is 0 Å². The van der Waals surface area contributed by atoms with Crippen molar-refractivity contribution in [3.05, 3.63) is 100.0 Å². The second kappa shape index (κ2) is 22.5. The molecule has 374 valence electrons. The van der Waals surface area contributed by atoms with Gasteiger partial charge in [-0.3, -0.25) is 33.6 Å². The number of hydrogen-bond acceptors (Lipinski definition) is 11. The molecular formula is C51H64N8O10S. The fourth-order valence-electron chi connectivity index (χ4n) is 9.90. The molecule has 19 heteroatoms. The molecule has 1 saturated heterocycles. The molecule has 1 saturated carbocycles. The van der Waals surface area contributed by atoms with E-state index in [9.17, 15) is 42.6 Å². The lowest BCUT2D eigenvalue weighted by Crippen LogP contribution is -2.53. The van der Waals surface area contributed by atoms with E-state index in [1.807, 2.05) is 63.4 Å². The molecule has 2 aliphatic heterocycles. The van der Waals surface area contributed by atoms with Crippen molar-refractivity contribution in [1.29, 1.82) is 0 Å². The Hall–Kier alpha value is -6.44. The van der Waals surface area contributed by atoms with Gasteiger partial charge in [-0.2, -0.15) is 9.40 Å². The number of aliphatic carboxylic acids is 2. The van der Waals surface area contributed by atoms with Gasteiger partial charge < -0.3 is 30.2 Å². The fraction of sp³-hybridized carbons (Fsp3) is 0.471. The van der Waals surface area contributed by atoms with Gasteiger partial charge in [-0.05, 0) is 101 Å². The summed E-state index contributed by atoms with van der Waals surface area (Å²) in [6.45, 7) is 5.99. The number of benzene rings is 3. The monoisotopic (exact) mass is 980 g/mol. The molecule has 0 spiro atoms. The molecule has 8 rings (SSSR count). The van der Waals surface area contributed by atoms with E-state index in [-0.39, 0.29) is 28.6 Å². The number of amides is 2. The molecule has 1 aliphatic carbocycles. The zero-order valence-corrected chi connectivity index (χ0v) is 41.2. The number of carbonyl (C=O) groups is 4.